The number of rotatable bonds is 2. The summed E-state index contributed by atoms with van der Waals surface area (Å²) in [6.45, 7) is 3.67. The summed E-state index contributed by atoms with van der Waals surface area (Å²) in [5, 5.41) is 26.7. The Morgan fingerprint density at radius 1 is 0.679 bits per heavy atom. The summed E-state index contributed by atoms with van der Waals surface area (Å²) in [5.41, 5.74) is 1.22. The highest BCUT2D eigenvalue weighted by Crippen LogP contribution is 2.44. The van der Waals surface area contributed by atoms with Crippen LogP contribution in [0.5, 0.6) is 0 Å². The average Bonchev–Trinajstić information content (AvgIpc) is 2.66. The molecule has 0 spiro atoms. The Balaban J connectivity index is 2.30. The molecule has 0 aliphatic rings. The summed E-state index contributed by atoms with van der Waals surface area (Å²) in [7, 11) is 0. The van der Waals surface area contributed by atoms with Gasteiger partial charge in [0.05, 0.1) is 11.1 Å². The van der Waals surface area contributed by atoms with E-state index in [0.717, 1.165) is 43.3 Å². The molecule has 5 aromatic rings. The molecule has 0 heterocycles. The molecule has 0 bridgehead atoms. The van der Waals surface area contributed by atoms with Crippen LogP contribution in [0.2, 0.25) is 0 Å². The number of hydrogen-bond donors (Lipinski definition) is 2. The van der Waals surface area contributed by atoms with Crippen molar-refractivity contribution in [2.75, 3.05) is 0 Å². The highest BCUT2D eigenvalue weighted by molar-refractivity contribution is 6.37. The third kappa shape index (κ3) is 1.94. The van der Waals surface area contributed by atoms with Crippen LogP contribution in [-0.2, 0) is 0 Å². The van der Waals surface area contributed by atoms with Crippen LogP contribution >= 0.6 is 0 Å². The number of aromatic carboxylic acids is 2. The second-order valence-corrected chi connectivity index (χ2v) is 7.30. The van der Waals surface area contributed by atoms with Crippen LogP contribution in [0, 0.1) is 13.8 Å². The fourth-order valence-corrected chi connectivity index (χ4v) is 4.66. The smallest absolute Gasteiger partial charge is 0.337 e. The van der Waals surface area contributed by atoms with Gasteiger partial charge in [-0.2, -0.15) is 0 Å². The topological polar surface area (TPSA) is 74.6 Å². The SMILES string of the molecule is Cc1cc2c(C)c(C(=O)O)c(C(=O)O)c3c4cccc5cccc(c(c1)c23)c54. The maximum absolute atomic E-state index is 12.3. The Labute approximate surface area is 160 Å². The fraction of sp³-hybridized carbons (Fsp3) is 0.0833. The first kappa shape index (κ1) is 16.5. The molecule has 28 heavy (non-hydrogen) atoms. The predicted octanol–water partition coefficient (Wildman–Crippen LogP) is 5.75. The summed E-state index contributed by atoms with van der Waals surface area (Å²) in [4.78, 5) is 24.3. The molecule has 0 aromatic heterocycles. The van der Waals surface area contributed by atoms with Crippen LogP contribution in [0.25, 0.3) is 43.1 Å². The fourth-order valence-electron chi connectivity index (χ4n) is 4.66. The van der Waals surface area contributed by atoms with Gasteiger partial charge in [0, 0.05) is 5.39 Å². The molecule has 4 heteroatoms. The minimum Gasteiger partial charge on any atom is -0.478 e. The molecule has 0 saturated carbocycles. The van der Waals surface area contributed by atoms with Gasteiger partial charge in [0.25, 0.3) is 0 Å². The molecular weight excluding hydrogens is 352 g/mol. The number of fused-ring (bicyclic) bond motifs is 2. The van der Waals surface area contributed by atoms with Gasteiger partial charge in [-0.15, -0.1) is 0 Å². The van der Waals surface area contributed by atoms with Gasteiger partial charge < -0.3 is 10.2 Å². The molecule has 0 unspecified atom stereocenters. The lowest BCUT2D eigenvalue weighted by molar-refractivity contribution is 0.0653. The predicted molar refractivity (Wildman–Crippen MR) is 111 cm³/mol. The van der Waals surface area contributed by atoms with Gasteiger partial charge >= 0.3 is 11.9 Å². The monoisotopic (exact) mass is 368 g/mol. The van der Waals surface area contributed by atoms with Crippen LogP contribution in [0.1, 0.15) is 31.8 Å². The quantitative estimate of drug-likeness (QED) is 0.307. The van der Waals surface area contributed by atoms with Crippen molar-refractivity contribution in [1.82, 2.24) is 0 Å². The Morgan fingerprint density at radius 3 is 1.93 bits per heavy atom. The van der Waals surface area contributed by atoms with Gasteiger partial charge in [-0.25, -0.2) is 9.59 Å². The van der Waals surface area contributed by atoms with Gasteiger partial charge in [-0.05, 0) is 62.7 Å². The summed E-state index contributed by atoms with van der Waals surface area (Å²) in [6.07, 6.45) is 0. The van der Waals surface area contributed by atoms with Crippen molar-refractivity contribution >= 4 is 55.0 Å². The zero-order valence-electron chi connectivity index (χ0n) is 15.3. The average molecular weight is 368 g/mol. The number of aryl methyl sites for hydroxylation is 2. The van der Waals surface area contributed by atoms with E-state index < -0.39 is 11.9 Å². The lowest BCUT2D eigenvalue weighted by Crippen LogP contribution is -2.12. The van der Waals surface area contributed by atoms with Crippen molar-refractivity contribution < 1.29 is 19.8 Å². The molecule has 136 valence electrons. The molecule has 0 atom stereocenters. The van der Waals surface area contributed by atoms with Gasteiger partial charge in [0.2, 0.25) is 0 Å². The van der Waals surface area contributed by atoms with Crippen molar-refractivity contribution in [1.29, 1.82) is 0 Å². The van der Waals surface area contributed by atoms with Crippen LogP contribution in [-0.4, -0.2) is 22.2 Å². The number of carboxylic acid groups (broad SMARTS) is 2. The van der Waals surface area contributed by atoms with E-state index in [4.69, 9.17) is 0 Å². The van der Waals surface area contributed by atoms with Crippen LogP contribution in [0.4, 0.5) is 0 Å². The summed E-state index contributed by atoms with van der Waals surface area (Å²) >= 11 is 0. The summed E-state index contributed by atoms with van der Waals surface area (Å²) in [5.74, 6) is -2.44. The number of carbonyl (C=O) groups is 2. The van der Waals surface area contributed by atoms with E-state index in [0.29, 0.717) is 10.9 Å². The minimum absolute atomic E-state index is 0.135. The van der Waals surface area contributed by atoms with E-state index in [1.807, 2.05) is 49.4 Å². The molecule has 0 aliphatic heterocycles. The second-order valence-electron chi connectivity index (χ2n) is 7.30. The third-order valence-electron chi connectivity index (χ3n) is 5.70. The molecule has 0 radical (unpaired) electrons. The zero-order valence-corrected chi connectivity index (χ0v) is 15.3. The van der Waals surface area contributed by atoms with Crippen molar-refractivity contribution in [3.8, 4) is 0 Å². The Bertz CT molecular complexity index is 1470. The molecule has 5 aromatic carbocycles. The van der Waals surface area contributed by atoms with E-state index in [2.05, 4.69) is 6.07 Å². The number of benzene rings is 5. The van der Waals surface area contributed by atoms with Gasteiger partial charge in [0.15, 0.2) is 0 Å². The maximum Gasteiger partial charge on any atom is 0.337 e. The Morgan fingerprint density at radius 2 is 1.29 bits per heavy atom. The normalized spacial score (nSPS) is 11.8. The van der Waals surface area contributed by atoms with Gasteiger partial charge in [-0.3, -0.25) is 0 Å². The van der Waals surface area contributed by atoms with E-state index in [1.165, 1.54) is 0 Å². The molecule has 0 saturated heterocycles. The van der Waals surface area contributed by atoms with Crippen LogP contribution in [0.15, 0.2) is 48.5 Å². The van der Waals surface area contributed by atoms with Crippen molar-refractivity contribution in [3.63, 3.8) is 0 Å². The Hall–Kier alpha value is -3.66. The van der Waals surface area contributed by atoms with Crippen LogP contribution in [0.3, 0.4) is 0 Å². The highest BCUT2D eigenvalue weighted by atomic mass is 16.4. The largest absolute Gasteiger partial charge is 0.478 e. The van der Waals surface area contributed by atoms with E-state index in [-0.39, 0.29) is 11.1 Å². The van der Waals surface area contributed by atoms with Crippen molar-refractivity contribution in [2.45, 2.75) is 13.8 Å². The first-order valence-corrected chi connectivity index (χ1v) is 9.00. The highest BCUT2D eigenvalue weighted by Gasteiger charge is 2.27. The van der Waals surface area contributed by atoms with Gasteiger partial charge in [-0.1, -0.05) is 48.5 Å². The zero-order chi connectivity index (χ0) is 19.7. The van der Waals surface area contributed by atoms with E-state index in [1.54, 1.807) is 6.92 Å². The standard InChI is InChI=1S/C24H16O4/c1-11-9-16-12(2)18(23(25)26)22(24(27)28)21-15-8-4-6-13-5-3-7-14(19(13)15)17(10-11)20(16)21/h3-10H,1-2H3,(H,25,26)(H,27,28). The third-order valence-corrected chi connectivity index (χ3v) is 5.70. The van der Waals surface area contributed by atoms with Gasteiger partial charge in [0.1, 0.15) is 0 Å². The molecular formula is C24H16O4. The van der Waals surface area contributed by atoms with Crippen LogP contribution < -0.4 is 0 Å². The first-order chi connectivity index (χ1) is 13.4. The van der Waals surface area contributed by atoms with E-state index in [9.17, 15) is 19.8 Å². The molecule has 0 amide bonds. The molecule has 2 N–H and O–H groups in total. The molecule has 0 fully saturated rings. The Kier molecular flexibility index (Phi) is 3.20. The van der Waals surface area contributed by atoms with Crippen molar-refractivity contribution in [2.24, 2.45) is 0 Å². The maximum atomic E-state index is 12.3. The van der Waals surface area contributed by atoms with Crippen molar-refractivity contribution in [3.05, 3.63) is 70.8 Å². The van der Waals surface area contributed by atoms with E-state index >= 15 is 0 Å². The number of hydrogen-bond acceptors (Lipinski definition) is 2. The molecule has 5 rings (SSSR count). The molecule has 4 nitrogen and oxygen atoms in total. The first-order valence-electron chi connectivity index (χ1n) is 9.00. The summed E-state index contributed by atoms with van der Waals surface area (Å²) in [6, 6.07) is 15.8. The second kappa shape index (κ2) is 5.42. The molecule has 0 aliphatic carbocycles. The lowest BCUT2D eigenvalue weighted by Gasteiger charge is -2.20. The lowest BCUT2D eigenvalue weighted by atomic mass is 9.83. The minimum atomic E-state index is -1.22. The summed E-state index contributed by atoms with van der Waals surface area (Å²) < 4.78 is 0. The number of carboxylic acids is 2.